The summed E-state index contributed by atoms with van der Waals surface area (Å²) in [6.07, 6.45) is 5.18. The van der Waals surface area contributed by atoms with E-state index in [2.05, 4.69) is 22.5 Å². The summed E-state index contributed by atoms with van der Waals surface area (Å²) in [7, 11) is 3.05. The Morgan fingerprint density at radius 1 is 1.09 bits per heavy atom. The van der Waals surface area contributed by atoms with Crippen LogP contribution >= 0.6 is 11.3 Å². The number of nitrogens with zero attached hydrogens (tertiary/aromatic N) is 4. The number of carbonyl (C=O) groups excluding carboxylic acids is 4. The van der Waals surface area contributed by atoms with E-state index in [0.717, 1.165) is 30.6 Å². The van der Waals surface area contributed by atoms with Gasteiger partial charge in [-0.25, -0.2) is 14.8 Å². The molecule has 0 radical (unpaired) electrons. The van der Waals surface area contributed by atoms with Crippen molar-refractivity contribution in [1.29, 1.82) is 5.26 Å². The van der Waals surface area contributed by atoms with E-state index < -0.39 is 58.9 Å². The molecule has 3 aliphatic rings. The Balaban J connectivity index is 1.34. The molecule has 286 valence electrons. The number of hydrogen-bond acceptors (Lipinski definition) is 12. The lowest BCUT2D eigenvalue weighted by Crippen LogP contribution is -2.59. The van der Waals surface area contributed by atoms with E-state index in [1.807, 2.05) is 38.3 Å². The molecular weight excluding hydrogens is 715 g/mol. The van der Waals surface area contributed by atoms with E-state index >= 15 is 0 Å². The number of thiophene rings is 1. The molecule has 15 nitrogen and oxygen atoms in total. The Hall–Kier alpha value is -5.43. The Bertz CT molecular complexity index is 1970. The van der Waals surface area contributed by atoms with Gasteiger partial charge < -0.3 is 34.5 Å². The molecule has 2 aromatic heterocycles. The molecule has 0 spiro atoms. The summed E-state index contributed by atoms with van der Waals surface area (Å²) in [5.41, 5.74) is -0.727. The van der Waals surface area contributed by atoms with Gasteiger partial charge in [0.15, 0.2) is 17.7 Å². The Kier molecular flexibility index (Phi) is 11.0. The number of rotatable bonds is 12. The van der Waals surface area contributed by atoms with Gasteiger partial charge in [0.2, 0.25) is 17.7 Å². The highest BCUT2D eigenvalue weighted by Gasteiger charge is 2.61. The molecule has 3 fully saturated rings. The van der Waals surface area contributed by atoms with Gasteiger partial charge in [0.25, 0.3) is 5.91 Å². The number of alkyl carbamates (subject to hydrolysis) is 1. The number of nitrogens with one attached hydrogen (secondary N) is 3. The summed E-state index contributed by atoms with van der Waals surface area (Å²) in [5.74, 6) is -1.12. The molecule has 2 aliphatic carbocycles. The molecule has 3 aromatic rings. The van der Waals surface area contributed by atoms with Crippen molar-refractivity contribution in [3.63, 3.8) is 0 Å². The van der Waals surface area contributed by atoms with Crippen molar-refractivity contribution in [3.05, 3.63) is 42.3 Å². The molecule has 1 aromatic carbocycles. The fraction of sp³-hybridized carbons (Fsp3) is 0.500. The van der Waals surface area contributed by atoms with Crippen LogP contribution in [0.4, 0.5) is 4.79 Å². The number of nitriles is 1. The summed E-state index contributed by atoms with van der Waals surface area (Å²) in [6.45, 7) is 9.15. The van der Waals surface area contributed by atoms with E-state index in [1.54, 1.807) is 24.4 Å². The maximum Gasteiger partial charge on any atom is 0.408 e. The molecule has 3 N–H and O–H groups in total. The first kappa shape index (κ1) is 38.3. The van der Waals surface area contributed by atoms with Crippen LogP contribution in [0.15, 0.2) is 42.3 Å². The Morgan fingerprint density at radius 3 is 2.35 bits per heavy atom. The molecule has 5 atom stereocenters. The third kappa shape index (κ3) is 7.77. The zero-order chi connectivity index (χ0) is 38.8. The van der Waals surface area contributed by atoms with E-state index in [0.29, 0.717) is 28.2 Å². The summed E-state index contributed by atoms with van der Waals surface area (Å²) < 4.78 is 23.2. The van der Waals surface area contributed by atoms with Gasteiger partial charge in [-0.3, -0.25) is 19.7 Å². The molecule has 54 heavy (non-hydrogen) atoms. The Morgan fingerprint density at radius 2 is 1.78 bits per heavy atom. The lowest BCUT2D eigenvalue weighted by molar-refractivity contribution is -0.143. The largest absolute Gasteiger partial charge is 0.493 e. The minimum atomic E-state index is -1.40. The highest BCUT2D eigenvalue weighted by atomic mass is 32.1. The van der Waals surface area contributed by atoms with Crippen LogP contribution in [0.5, 0.6) is 17.4 Å². The van der Waals surface area contributed by atoms with Crippen molar-refractivity contribution in [1.82, 2.24) is 30.8 Å². The van der Waals surface area contributed by atoms with Gasteiger partial charge >= 0.3 is 6.09 Å². The monoisotopic (exact) mass is 759 g/mol. The summed E-state index contributed by atoms with van der Waals surface area (Å²) >= 11 is 1.44. The molecule has 1 saturated heterocycles. The third-order valence-electron chi connectivity index (χ3n) is 10.2. The smallest absolute Gasteiger partial charge is 0.408 e. The maximum atomic E-state index is 14.6. The number of benzene rings is 1. The van der Waals surface area contributed by atoms with Gasteiger partial charge in [0.05, 0.1) is 36.7 Å². The van der Waals surface area contributed by atoms with Crippen molar-refractivity contribution in [2.75, 3.05) is 20.8 Å². The van der Waals surface area contributed by atoms with Gasteiger partial charge in [0, 0.05) is 24.5 Å². The van der Waals surface area contributed by atoms with Crippen LogP contribution in [0.3, 0.4) is 0 Å². The molecular formula is C38H45N7O8S. The molecule has 1 aliphatic heterocycles. The first-order valence-corrected chi connectivity index (χ1v) is 18.8. The fourth-order valence-electron chi connectivity index (χ4n) is 7.18. The number of fused-ring (bicyclic) bond motifs is 1. The first-order valence-electron chi connectivity index (χ1n) is 17.9. The van der Waals surface area contributed by atoms with Crippen molar-refractivity contribution < 1.29 is 38.1 Å². The number of ether oxygens (including phenoxy) is 4. The molecule has 16 heteroatoms. The zero-order valence-electron chi connectivity index (χ0n) is 31.0. The van der Waals surface area contributed by atoms with Gasteiger partial charge in [-0.05, 0) is 49.0 Å². The van der Waals surface area contributed by atoms with E-state index in [1.165, 1.54) is 30.5 Å². The number of carbonyl (C=O) groups is 4. The van der Waals surface area contributed by atoms with Crippen LogP contribution in [-0.4, -0.2) is 89.3 Å². The number of methoxy groups -OCH3 is 2. The predicted molar refractivity (Wildman–Crippen MR) is 199 cm³/mol. The van der Waals surface area contributed by atoms with Crippen LogP contribution < -0.4 is 30.2 Å². The standard InChI is InChI=1S/C38H45N7O8S/c1-7-21-18-38(21,35(48)40-20-39)44-32(46)26-15-23(19-45(26)34(47)31(37(2,3)4)43-36(49)53-22-11-8-9-12-22)52-33-30(29-13-10-14-54-29)41-24-16-27(50-5)28(51-6)17-25(24)42-33/h7,10,13-14,16-17,21-23,26,31H,1,8-9,11-12,15,18-19H2,2-6H3,(H,40,48)(H,43,49)(H,44,46)/t21?,23-,26+,31+,38-/m1/s1. The second-order valence-corrected chi connectivity index (χ2v) is 15.8. The molecule has 6 rings (SSSR count). The van der Waals surface area contributed by atoms with Crippen LogP contribution in [-0.2, 0) is 19.1 Å². The lowest BCUT2D eigenvalue weighted by atomic mass is 9.85. The molecule has 2 saturated carbocycles. The molecule has 3 heterocycles. The van der Waals surface area contributed by atoms with Crippen LogP contribution in [0.1, 0.15) is 59.3 Å². The molecule has 4 amide bonds. The average molecular weight is 760 g/mol. The van der Waals surface area contributed by atoms with Crippen molar-refractivity contribution >= 4 is 46.2 Å². The second kappa shape index (κ2) is 15.5. The van der Waals surface area contributed by atoms with Crippen molar-refractivity contribution in [2.24, 2.45) is 11.3 Å². The highest BCUT2D eigenvalue weighted by molar-refractivity contribution is 7.13. The zero-order valence-corrected chi connectivity index (χ0v) is 31.8. The quantitative estimate of drug-likeness (QED) is 0.134. The topological polar surface area (TPSA) is 194 Å². The number of hydrogen-bond donors (Lipinski definition) is 3. The number of amides is 4. The van der Waals surface area contributed by atoms with Gasteiger partial charge in [-0.2, -0.15) is 5.26 Å². The van der Waals surface area contributed by atoms with E-state index in [9.17, 15) is 24.4 Å². The SMILES string of the molecule is C=CC1C[C@]1(NC(=O)[C@@H]1C[C@@H](Oc2nc3cc(OC)c(OC)cc3nc2-c2cccs2)CN1C(=O)[C@H](NC(=O)OC1CCCC1)C(C)(C)C)C(=O)NC#N. The van der Waals surface area contributed by atoms with Crippen LogP contribution in [0.25, 0.3) is 21.6 Å². The minimum absolute atomic E-state index is 0.0190. The summed E-state index contributed by atoms with van der Waals surface area (Å²) in [4.78, 5) is 66.9. The van der Waals surface area contributed by atoms with Gasteiger partial charge in [-0.15, -0.1) is 17.9 Å². The Labute approximate surface area is 317 Å². The predicted octanol–water partition coefficient (Wildman–Crippen LogP) is 4.47. The lowest BCUT2D eigenvalue weighted by Gasteiger charge is -2.35. The number of aromatic nitrogens is 2. The van der Waals surface area contributed by atoms with E-state index in [4.69, 9.17) is 28.9 Å². The van der Waals surface area contributed by atoms with Crippen molar-refractivity contribution in [2.45, 2.75) is 89.1 Å². The van der Waals surface area contributed by atoms with Crippen molar-refractivity contribution in [3.8, 4) is 34.1 Å². The summed E-state index contributed by atoms with van der Waals surface area (Å²) in [6, 6.07) is 4.97. The average Bonchev–Trinajstić information content (AvgIpc) is 3.63. The van der Waals surface area contributed by atoms with Gasteiger partial charge in [0.1, 0.15) is 35.5 Å². The normalized spacial score (nSPS) is 22.8. The highest BCUT2D eigenvalue weighted by Crippen LogP contribution is 2.45. The summed E-state index contributed by atoms with van der Waals surface area (Å²) in [5, 5.41) is 18.8. The fourth-order valence-corrected chi connectivity index (χ4v) is 7.88. The molecule has 1 unspecified atom stereocenters. The van der Waals surface area contributed by atoms with Crippen LogP contribution in [0.2, 0.25) is 0 Å². The third-order valence-corrected chi connectivity index (χ3v) is 11.1. The molecule has 0 bridgehead atoms. The van der Waals surface area contributed by atoms with E-state index in [-0.39, 0.29) is 31.4 Å². The first-order chi connectivity index (χ1) is 25.8. The van der Waals surface area contributed by atoms with Gasteiger partial charge in [-0.1, -0.05) is 32.9 Å². The maximum absolute atomic E-state index is 14.6. The minimum Gasteiger partial charge on any atom is -0.493 e. The number of likely N-dealkylation sites (tertiary alicyclic amines) is 1. The second-order valence-electron chi connectivity index (χ2n) is 14.9. The van der Waals surface area contributed by atoms with Crippen LogP contribution in [0, 0.1) is 22.8 Å².